The second-order valence-electron chi connectivity index (χ2n) is 4.27. The van der Waals surface area contributed by atoms with Crippen LogP contribution >= 0.6 is 0 Å². The number of benzene rings is 1. The van der Waals surface area contributed by atoms with Crippen LogP contribution in [-0.2, 0) is 0 Å². The van der Waals surface area contributed by atoms with Crippen molar-refractivity contribution in [3.63, 3.8) is 0 Å². The molecule has 0 bridgehead atoms. The van der Waals surface area contributed by atoms with E-state index in [-0.39, 0.29) is 12.2 Å². The molecule has 0 saturated carbocycles. The fraction of sp³-hybridized carbons (Fsp3) is 0.214. The third-order valence-electron chi connectivity index (χ3n) is 2.70. The summed E-state index contributed by atoms with van der Waals surface area (Å²) < 4.78 is 13.0. The Balaban J connectivity index is 1.96. The van der Waals surface area contributed by atoms with Crippen molar-refractivity contribution in [3.8, 4) is 0 Å². The van der Waals surface area contributed by atoms with E-state index in [0.29, 0.717) is 11.4 Å². The molecule has 0 radical (unpaired) electrons. The molecular formula is C14H14FN3O2. The van der Waals surface area contributed by atoms with Gasteiger partial charge in [0.05, 0.1) is 6.10 Å². The lowest BCUT2D eigenvalue weighted by Gasteiger charge is -2.12. The van der Waals surface area contributed by atoms with Crippen molar-refractivity contribution in [1.82, 2.24) is 15.3 Å². The van der Waals surface area contributed by atoms with Crippen LogP contribution in [0.1, 0.15) is 28.0 Å². The van der Waals surface area contributed by atoms with Gasteiger partial charge < -0.3 is 10.4 Å². The largest absolute Gasteiger partial charge is 0.387 e. The Labute approximate surface area is 115 Å². The van der Waals surface area contributed by atoms with E-state index in [9.17, 15) is 14.3 Å². The second kappa shape index (κ2) is 6.21. The highest BCUT2D eigenvalue weighted by molar-refractivity contribution is 5.92. The number of rotatable bonds is 4. The van der Waals surface area contributed by atoms with E-state index in [1.54, 1.807) is 13.0 Å². The molecule has 0 spiro atoms. The molecule has 0 aliphatic carbocycles. The summed E-state index contributed by atoms with van der Waals surface area (Å²) in [5, 5.41) is 12.4. The fourth-order valence-corrected chi connectivity index (χ4v) is 1.69. The van der Waals surface area contributed by atoms with Crippen LogP contribution in [0.25, 0.3) is 0 Å². The molecule has 1 unspecified atom stereocenters. The summed E-state index contributed by atoms with van der Waals surface area (Å²) in [7, 11) is 0. The van der Waals surface area contributed by atoms with Crippen LogP contribution in [0, 0.1) is 12.7 Å². The van der Waals surface area contributed by atoms with Crippen LogP contribution in [0.2, 0.25) is 0 Å². The summed E-state index contributed by atoms with van der Waals surface area (Å²) in [5.74, 6) is -0.353. The Hall–Kier alpha value is -2.34. The Morgan fingerprint density at radius 3 is 2.95 bits per heavy atom. The van der Waals surface area contributed by atoms with Gasteiger partial charge in [0.2, 0.25) is 0 Å². The number of nitrogens with one attached hydrogen (secondary N) is 1. The van der Waals surface area contributed by atoms with Crippen molar-refractivity contribution in [2.45, 2.75) is 13.0 Å². The molecule has 2 N–H and O–H groups in total. The minimum absolute atomic E-state index is 0.0225. The zero-order valence-corrected chi connectivity index (χ0v) is 10.9. The molecule has 20 heavy (non-hydrogen) atoms. The SMILES string of the molecule is Cc1nccc(C(=O)NCC(O)c2cccc(F)c2)n1. The Bertz CT molecular complexity index is 619. The monoisotopic (exact) mass is 275 g/mol. The molecule has 6 heteroatoms. The van der Waals surface area contributed by atoms with Crippen molar-refractivity contribution in [1.29, 1.82) is 0 Å². The van der Waals surface area contributed by atoms with Crippen LogP contribution in [0.15, 0.2) is 36.5 Å². The van der Waals surface area contributed by atoms with Gasteiger partial charge in [0, 0.05) is 12.7 Å². The van der Waals surface area contributed by atoms with Gasteiger partial charge in [-0.1, -0.05) is 12.1 Å². The number of hydrogen-bond acceptors (Lipinski definition) is 4. The first-order chi connectivity index (χ1) is 9.56. The van der Waals surface area contributed by atoms with E-state index in [1.165, 1.54) is 30.5 Å². The van der Waals surface area contributed by atoms with Crippen LogP contribution < -0.4 is 5.32 Å². The third kappa shape index (κ3) is 3.58. The lowest BCUT2D eigenvalue weighted by atomic mass is 10.1. The minimum Gasteiger partial charge on any atom is -0.387 e. The zero-order chi connectivity index (χ0) is 14.5. The van der Waals surface area contributed by atoms with E-state index in [1.807, 2.05) is 0 Å². The number of aliphatic hydroxyl groups is 1. The average molecular weight is 275 g/mol. The Kier molecular flexibility index (Phi) is 4.37. The quantitative estimate of drug-likeness (QED) is 0.884. The van der Waals surface area contributed by atoms with Crippen molar-refractivity contribution in [2.24, 2.45) is 0 Å². The van der Waals surface area contributed by atoms with E-state index in [0.717, 1.165) is 0 Å². The summed E-state index contributed by atoms with van der Waals surface area (Å²) >= 11 is 0. The zero-order valence-electron chi connectivity index (χ0n) is 10.9. The minimum atomic E-state index is -0.974. The number of carbonyl (C=O) groups excluding carboxylic acids is 1. The van der Waals surface area contributed by atoms with Gasteiger partial charge in [0.1, 0.15) is 17.3 Å². The molecule has 104 valence electrons. The smallest absolute Gasteiger partial charge is 0.270 e. The van der Waals surface area contributed by atoms with Gasteiger partial charge in [-0.25, -0.2) is 14.4 Å². The molecule has 1 aromatic carbocycles. The van der Waals surface area contributed by atoms with Crippen molar-refractivity contribution in [2.75, 3.05) is 6.54 Å². The molecule has 1 atom stereocenters. The van der Waals surface area contributed by atoms with Crippen LogP contribution in [-0.4, -0.2) is 27.5 Å². The van der Waals surface area contributed by atoms with Gasteiger partial charge in [-0.05, 0) is 30.7 Å². The van der Waals surface area contributed by atoms with E-state index in [4.69, 9.17) is 0 Å². The number of amides is 1. The summed E-state index contributed by atoms with van der Waals surface area (Å²) in [4.78, 5) is 19.7. The third-order valence-corrected chi connectivity index (χ3v) is 2.70. The van der Waals surface area contributed by atoms with Crippen molar-refractivity contribution in [3.05, 3.63) is 59.4 Å². The molecule has 5 nitrogen and oxygen atoms in total. The number of carbonyl (C=O) groups is 1. The normalized spacial score (nSPS) is 11.9. The highest BCUT2D eigenvalue weighted by Gasteiger charge is 2.12. The first kappa shape index (κ1) is 14.1. The van der Waals surface area contributed by atoms with Crippen LogP contribution in [0.4, 0.5) is 4.39 Å². The van der Waals surface area contributed by atoms with Crippen molar-refractivity contribution < 1.29 is 14.3 Å². The van der Waals surface area contributed by atoms with E-state index >= 15 is 0 Å². The second-order valence-corrected chi connectivity index (χ2v) is 4.27. The highest BCUT2D eigenvalue weighted by Crippen LogP contribution is 2.13. The first-order valence-electron chi connectivity index (χ1n) is 6.07. The van der Waals surface area contributed by atoms with Gasteiger partial charge in [-0.15, -0.1) is 0 Å². The lowest BCUT2D eigenvalue weighted by Crippen LogP contribution is -2.29. The number of nitrogens with zero attached hydrogens (tertiary/aromatic N) is 2. The maximum absolute atomic E-state index is 13.0. The number of hydrogen-bond donors (Lipinski definition) is 2. The summed E-state index contributed by atoms with van der Waals surface area (Å²) in [6.45, 7) is 1.66. The molecule has 0 fully saturated rings. The van der Waals surface area contributed by atoms with E-state index in [2.05, 4.69) is 15.3 Å². The molecule has 0 aliphatic heterocycles. The lowest BCUT2D eigenvalue weighted by molar-refractivity contribution is 0.0911. The Morgan fingerprint density at radius 2 is 2.25 bits per heavy atom. The molecule has 2 rings (SSSR count). The predicted octanol–water partition coefficient (Wildman–Crippen LogP) is 1.39. The molecule has 1 amide bonds. The number of aromatic nitrogens is 2. The number of aryl methyl sites for hydroxylation is 1. The molecular weight excluding hydrogens is 261 g/mol. The molecule has 0 saturated heterocycles. The predicted molar refractivity (Wildman–Crippen MR) is 70.5 cm³/mol. The van der Waals surface area contributed by atoms with Crippen molar-refractivity contribution >= 4 is 5.91 Å². The average Bonchev–Trinajstić information content (AvgIpc) is 2.44. The number of halogens is 1. The van der Waals surface area contributed by atoms with Gasteiger partial charge in [0.25, 0.3) is 5.91 Å². The summed E-state index contributed by atoms with van der Waals surface area (Å²) in [6.07, 6.45) is 0.512. The molecule has 1 aromatic heterocycles. The summed E-state index contributed by atoms with van der Waals surface area (Å²) in [5.41, 5.74) is 0.633. The topological polar surface area (TPSA) is 75.1 Å². The van der Waals surface area contributed by atoms with E-state index < -0.39 is 17.8 Å². The summed E-state index contributed by atoms with van der Waals surface area (Å²) in [6, 6.07) is 7.10. The maximum Gasteiger partial charge on any atom is 0.270 e. The molecule has 0 aliphatic rings. The van der Waals surface area contributed by atoms with Gasteiger partial charge in [-0.3, -0.25) is 4.79 Å². The maximum atomic E-state index is 13.0. The van der Waals surface area contributed by atoms with Crippen LogP contribution in [0.3, 0.4) is 0 Å². The highest BCUT2D eigenvalue weighted by atomic mass is 19.1. The fourth-order valence-electron chi connectivity index (χ4n) is 1.69. The first-order valence-corrected chi connectivity index (χ1v) is 6.07. The van der Waals surface area contributed by atoms with Crippen LogP contribution in [0.5, 0.6) is 0 Å². The van der Waals surface area contributed by atoms with Gasteiger partial charge >= 0.3 is 0 Å². The Morgan fingerprint density at radius 1 is 1.45 bits per heavy atom. The molecule has 1 heterocycles. The molecule has 2 aromatic rings. The standard InChI is InChI=1S/C14H14FN3O2/c1-9-16-6-5-12(18-9)14(20)17-8-13(19)10-3-2-4-11(15)7-10/h2-7,13,19H,8H2,1H3,(H,17,20). The van der Waals surface area contributed by atoms with Gasteiger partial charge in [0.15, 0.2) is 0 Å². The number of aliphatic hydroxyl groups excluding tert-OH is 1. The van der Waals surface area contributed by atoms with Gasteiger partial charge in [-0.2, -0.15) is 0 Å².